The van der Waals surface area contributed by atoms with Crippen LogP contribution < -0.4 is 5.32 Å². The van der Waals surface area contributed by atoms with E-state index in [-0.39, 0.29) is 11.5 Å². The molecule has 0 bridgehead atoms. The van der Waals surface area contributed by atoms with Gasteiger partial charge >= 0.3 is 0 Å². The van der Waals surface area contributed by atoms with Crippen molar-refractivity contribution in [3.05, 3.63) is 63.9 Å². The van der Waals surface area contributed by atoms with Gasteiger partial charge in [0.1, 0.15) is 11.6 Å². The van der Waals surface area contributed by atoms with Gasteiger partial charge in [0.15, 0.2) is 0 Å². The highest BCUT2D eigenvalue weighted by Gasteiger charge is 2.21. The molecule has 5 heteroatoms. The number of pyridine rings is 1. The van der Waals surface area contributed by atoms with E-state index in [1.165, 1.54) is 24.4 Å². The lowest BCUT2D eigenvalue weighted by molar-refractivity contribution is 0.518. The first-order chi connectivity index (χ1) is 9.13. The molecule has 0 aliphatic carbocycles. The average Bonchev–Trinajstić information content (AvgIpc) is 2.40. The van der Waals surface area contributed by atoms with Crippen molar-refractivity contribution in [1.82, 2.24) is 10.3 Å². The first-order valence-electron chi connectivity index (χ1n) is 5.92. The van der Waals surface area contributed by atoms with E-state index in [1.54, 1.807) is 12.1 Å². The van der Waals surface area contributed by atoms with E-state index in [0.29, 0.717) is 12.1 Å². The van der Waals surface area contributed by atoms with E-state index in [2.05, 4.69) is 26.2 Å². The van der Waals surface area contributed by atoms with Gasteiger partial charge in [0.2, 0.25) is 0 Å². The molecule has 2 aromatic rings. The minimum absolute atomic E-state index is 0.196. The Bertz CT molecular complexity index is 575. The van der Waals surface area contributed by atoms with E-state index in [4.69, 9.17) is 0 Å². The van der Waals surface area contributed by atoms with Gasteiger partial charge in [-0.25, -0.2) is 8.78 Å². The van der Waals surface area contributed by atoms with Crippen LogP contribution in [0.3, 0.4) is 0 Å². The Hall–Kier alpha value is -1.33. The van der Waals surface area contributed by atoms with Crippen molar-refractivity contribution in [2.75, 3.05) is 6.54 Å². The van der Waals surface area contributed by atoms with Crippen LogP contribution in [0.4, 0.5) is 8.78 Å². The number of nitrogens with one attached hydrogen (secondary N) is 1. The largest absolute Gasteiger partial charge is 0.305 e. The lowest BCUT2D eigenvalue weighted by atomic mass is 10.0. The number of rotatable bonds is 4. The molecule has 0 aliphatic heterocycles. The fraction of sp³-hybridized carbons (Fsp3) is 0.214. The number of benzene rings is 1. The fourth-order valence-electron chi connectivity index (χ4n) is 1.90. The first kappa shape index (κ1) is 14.1. The third-order valence-corrected chi connectivity index (χ3v) is 3.23. The maximum absolute atomic E-state index is 13.9. The Morgan fingerprint density at radius 2 is 2.05 bits per heavy atom. The minimum Gasteiger partial charge on any atom is -0.305 e. The van der Waals surface area contributed by atoms with Gasteiger partial charge in [-0.15, -0.1) is 0 Å². The zero-order valence-corrected chi connectivity index (χ0v) is 11.9. The molecule has 0 saturated carbocycles. The molecule has 19 heavy (non-hydrogen) atoms. The van der Waals surface area contributed by atoms with Gasteiger partial charge in [-0.05, 0) is 36.9 Å². The Balaban J connectivity index is 2.51. The monoisotopic (exact) mass is 326 g/mol. The predicted octanol–water partition coefficient (Wildman–Crippen LogP) is 3.82. The number of halogens is 3. The van der Waals surface area contributed by atoms with Crippen molar-refractivity contribution in [3.8, 4) is 0 Å². The zero-order valence-electron chi connectivity index (χ0n) is 10.3. The molecule has 1 aromatic carbocycles. The maximum atomic E-state index is 13.9. The van der Waals surface area contributed by atoms with E-state index in [1.807, 2.05) is 6.92 Å². The van der Waals surface area contributed by atoms with Crippen molar-refractivity contribution in [2.45, 2.75) is 13.0 Å². The van der Waals surface area contributed by atoms with E-state index in [0.717, 1.165) is 4.47 Å². The lowest BCUT2D eigenvalue weighted by Crippen LogP contribution is -2.25. The molecule has 1 N–H and O–H groups in total. The standard InChI is InChI=1S/C14H13BrF2N2/c1-2-18-13(14-12(17)4-3-7-19-14)10-8-9(15)5-6-11(10)16/h3-8,13,18H,2H2,1H3. The van der Waals surface area contributed by atoms with Gasteiger partial charge in [-0.1, -0.05) is 22.9 Å². The molecule has 0 aliphatic rings. The number of hydrogen-bond donors (Lipinski definition) is 1. The third-order valence-electron chi connectivity index (χ3n) is 2.74. The second kappa shape index (κ2) is 6.21. The molecular weight excluding hydrogens is 314 g/mol. The summed E-state index contributed by atoms with van der Waals surface area (Å²) < 4.78 is 28.5. The molecule has 1 aromatic heterocycles. The first-order valence-corrected chi connectivity index (χ1v) is 6.71. The quantitative estimate of drug-likeness (QED) is 0.923. The zero-order chi connectivity index (χ0) is 13.8. The summed E-state index contributed by atoms with van der Waals surface area (Å²) in [5.74, 6) is -0.841. The highest BCUT2D eigenvalue weighted by atomic mass is 79.9. The van der Waals surface area contributed by atoms with Crippen molar-refractivity contribution >= 4 is 15.9 Å². The summed E-state index contributed by atoms with van der Waals surface area (Å²) in [7, 11) is 0. The minimum atomic E-state index is -0.608. The smallest absolute Gasteiger partial charge is 0.146 e. The van der Waals surface area contributed by atoms with E-state index in [9.17, 15) is 8.78 Å². The van der Waals surface area contributed by atoms with Crippen LogP contribution >= 0.6 is 15.9 Å². The van der Waals surface area contributed by atoms with Crippen LogP contribution in [0.2, 0.25) is 0 Å². The summed E-state index contributed by atoms with van der Waals surface area (Å²) >= 11 is 3.30. The summed E-state index contributed by atoms with van der Waals surface area (Å²) in [4.78, 5) is 4.02. The normalized spacial score (nSPS) is 12.4. The summed E-state index contributed by atoms with van der Waals surface area (Å²) in [6, 6.07) is 6.82. The lowest BCUT2D eigenvalue weighted by Gasteiger charge is -2.19. The highest BCUT2D eigenvalue weighted by molar-refractivity contribution is 9.10. The maximum Gasteiger partial charge on any atom is 0.146 e. The second-order valence-electron chi connectivity index (χ2n) is 4.03. The number of hydrogen-bond acceptors (Lipinski definition) is 2. The molecule has 0 saturated heterocycles. The van der Waals surface area contributed by atoms with Gasteiger partial charge in [-0.3, -0.25) is 4.98 Å². The molecule has 1 heterocycles. The van der Waals surface area contributed by atoms with E-state index < -0.39 is 11.9 Å². The molecule has 1 atom stereocenters. The number of aromatic nitrogens is 1. The molecule has 1 unspecified atom stereocenters. The van der Waals surface area contributed by atoms with Crippen LogP contribution in [-0.2, 0) is 0 Å². The summed E-state index contributed by atoms with van der Waals surface area (Å²) in [5.41, 5.74) is 0.565. The van der Waals surface area contributed by atoms with Crippen LogP contribution in [0.1, 0.15) is 24.2 Å². The molecular formula is C14H13BrF2N2. The van der Waals surface area contributed by atoms with Crippen molar-refractivity contribution < 1.29 is 8.78 Å². The molecule has 0 radical (unpaired) electrons. The topological polar surface area (TPSA) is 24.9 Å². The van der Waals surface area contributed by atoms with Gasteiger partial charge in [0.05, 0.1) is 11.7 Å². The SMILES string of the molecule is CCNC(c1cc(Br)ccc1F)c1ncccc1F. The summed E-state index contributed by atoms with van der Waals surface area (Å²) in [5, 5.41) is 3.06. The number of nitrogens with zero attached hydrogens (tertiary/aromatic N) is 1. The Morgan fingerprint density at radius 1 is 1.26 bits per heavy atom. The predicted molar refractivity (Wildman–Crippen MR) is 73.8 cm³/mol. The highest BCUT2D eigenvalue weighted by Crippen LogP contribution is 2.27. The van der Waals surface area contributed by atoms with Crippen molar-refractivity contribution in [3.63, 3.8) is 0 Å². The Labute approximate surface area is 119 Å². The summed E-state index contributed by atoms with van der Waals surface area (Å²) in [6.07, 6.45) is 1.50. The molecule has 2 rings (SSSR count). The van der Waals surface area contributed by atoms with Crippen LogP contribution in [-0.4, -0.2) is 11.5 Å². The van der Waals surface area contributed by atoms with Crippen molar-refractivity contribution in [2.24, 2.45) is 0 Å². The fourth-order valence-corrected chi connectivity index (χ4v) is 2.28. The van der Waals surface area contributed by atoms with Gasteiger partial charge in [0, 0.05) is 16.2 Å². The molecule has 0 amide bonds. The molecule has 0 fully saturated rings. The molecule has 2 nitrogen and oxygen atoms in total. The van der Waals surface area contributed by atoms with Crippen LogP contribution in [0.15, 0.2) is 41.0 Å². The third kappa shape index (κ3) is 3.16. The average molecular weight is 327 g/mol. The van der Waals surface area contributed by atoms with Gasteiger partial charge < -0.3 is 5.32 Å². The van der Waals surface area contributed by atoms with Gasteiger partial charge in [0.25, 0.3) is 0 Å². The van der Waals surface area contributed by atoms with Crippen LogP contribution in [0.25, 0.3) is 0 Å². The van der Waals surface area contributed by atoms with Crippen LogP contribution in [0, 0.1) is 11.6 Å². The second-order valence-corrected chi connectivity index (χ2v) is 4.94. The Morgan fingerprint density at radius 3 is 2.74 bits per heavy atom. The Kier molecular flexibility index (Phi) is 4.61. The molecule has 0 spiro atoms. The van der Waals surface area contributed by atoms with Crippen LogP contribution in [0.5, 0.6) is 0 Å². The summed E-state index contributed by atoms with van der Waals surface area (Å²) in [6.45, 7) is 2.45. The van der Waals surface area contributed by atoms with Gasteiger partial charge in [-0.2, -0.15) is 0 Å². The van der Waals surface area contributed by atoms with Crippen molar-refractivity contribution in [1.29, 1.82) is 0 Å². The molecule has 100 valence electrons. The van der Waals surface area contributed by atoms with E-state index >= 15 is 0 Å².